The van der Waals surface area contributed by atoms with Crippen molar-refractivity contribution in [2.75, 3.05) is 13.2 Å². The van der Waals surface area contributed by atoms with Crippen LogP contribution in [-0.2, 0) is 19.1 Å². The van der Waals surface area contributed by atoms with E-state index < -0.39 is 45.7 Å². The molecule has 0 aliphatic heterocycles. The fourth-order valence-corrected chi connectivity index (χ4v) is 1.17. The van der Waals surface area contributed by atoms with Crippen molar-refractivity contribution in [3.8, 4) is 0 Å². The second-order valence-corrected chi connectivity index (χ2v) is 8.32. The molecule has 0 fully saturated rings. The Morgan fingerprint density at radius 1 is 1.00 bits per heavy atom. The van der Waals surface area contributed by atoms with Crippen molar-refractivity contribution in [2.24, 2.45) is 10.8 Å². The molecule has 0 aliphatic carbocycles. The third-order valence-electron chi connectivity index (χ3n) is 2.42. The number of esters is 2. The zero-order valence-corrected chi connectivity index (χ0v) is 14.8. The van der Waals surface area contributed by atoms with Crippen LogP contribution in [0.1, 0.15) is 41.5 Å². The molecule has 0 saturated heterocycles. The highest BCUT2D eigenvalue weighted by molar-refractivity contribution is 9.10. The smallest absolute Gasteiger partial charge is 0.311 e. The van der Waals surface area contributed by atoms with Crippen molar-refractivity contribution in [1.82, 2.24) is 5.23 Å². The summed E-state index contributed by atoms with van der Waals surface area (Å²) in [6.07, 6.45) is 0. The zero-order valence-electron chi connectivity index (χ0n) is 13.2. The molecule has 21 heavy (non-hydrogen) atoms. The molecule has 0 rings (SSSR count). The van der Waals surface area contributed by atoms with E-state index in [1.54, 1.807) is 41.5 Å². The predicted octanol–water partition coefficient (Wildman–Crippen LogP) is 2.45. The van der Waals surface area contributed by atoms with Gasteiger partial charge in [0.1, 0.15) is 13.2 Å². The number of carbonyl (C=O) groups is 2. The third-order valence-corrected chi connectivity index (χ3v) is 3.18. The first kappa shape index (κ1) is 20.3. The summed E-state index contributed by atoms with van der Waals surface area (Å²) in [6.45, 7) is 8.97. The van der Waals surface area contributed by atoms with Crippen LogP contribution >= 0.6 is 15.9 Å². The lowest BCUT2D eigenvalue weighted by Crippen LogP contribution is -2.48. The Kier molecular flexibility index (Phi) is 6.81. The highest BCUT2D eigenvalue weighted by atomic mass is 79.9. The quantitative estimate of drug-likeness (QED) is 0.344. The highest BCUT2D eigenvalue weighted by Gasteiger charge is 2.35. The molecule has 124 valence electrons. The number of alkyl halides is 1. The minimum absolute atomic E-state index is 0.432. The first-order chi connectivity index (χ1) is 9.20. The maximum absolute atomic E-state index is 11.7. The van der Waals surface area contributed by atoms with Crippen LogP contribution in [0.25, 0.3) is 0 Å². The molecular formula is C13H23BrNO6-. The van der Waals surface area contributed by atoms with Gasteiger partial charge in [0.2, 0.25) is 0 Å². The molecule has 0 heterocycles. The van der Waals surface area contributed by atoms with Gasteiger partial charge in [-0.3, -0.25) is 9.59 Å². The molecule has 0 spiro atoms. The summed E-state index contributed by atoms with van der Waals surface area (Å²) in [7, 11) is 0. The maximum atomic E-state index is 11.7. The third kappa shape index (κ3) is 6.73. The molecule has 0 atom stereocenters. The number of hydroxylamine groups is 2. The van der Waals surface area contributed by atoms with Gasteiger partial charge in [0.25, 0.3) is 0 Å². The minimum Gasteiger partial charge on any atom is -0.761 e. The normalized spacial score (nSPS) is 13.2. The Morgan fingerprint density at radius 2 is 1.29 bits per heavy atom. The lowest BCUT2D eigenvalue weighted by atomic mass is 9.97. The van der Waals surface area contributed by atoms with Gasteiger partial charge in [0.15, 0.2) is 4.45 Å². The van der Waals surface area contributed by atoms with Crippen LogP contribution in [0.15, 0.2) is 0 Å². The number of nitrogens with zero attached hydrogens (tertiary/aromatic N) is 1. The van der Waals surface area contributed by atoms with Crippen molar-refractivity contribution < 1.29 is 24.3 Å². The lowest BCUT2D eigenvalue weighted by molar-refractivity contribution is -0.173. The predicted molar refractivity (Wildman–Crippen MR) is 79.5 cm³/mol. The molecule has 0 radical (unpaired) electrons. The van der Waals surface area contributed by atoms with Crippen molar-refractivity contribution in [1.29, 1.82) is 0 Å². The van der Waals surface area contributed by atoms with E-state index in [2.05, 4.69) is 15.9 Å². The summed E-state index contributed by atoms with van der Waals surface area (Å²) in [6, 6.07) is 0. The molecule has 7 nitrogen and oxygen atoms in total. The van der Waals surface area contributed by atoms with Gasteiger partial charge >= 0.3 is 11.9 Å². The number of hydrogen-bond acceptors (Lipinski definition) is 7. The van der Waals surface area contributed by atoms with Crippen LogP contribution in [0.5, 0.6) is 0 Å². The summed E-state index contributed by atoms with van der Waals surface area (Å²) >= 11 is 2.95. The number of halogens is 1. The van der Waals surface area contributed by atoms with Gasteiger partial charge in [-0.2, -0.15) is 0 Å². The molecule has 0 bridgehead atoms. The van der Waals surface area contributed by atoms with Crippen LogP contribution in [0.4, 0.5) is 0 Å². The molecule has 1 N–H and O–H groups in total. The molecule has 0 aromatic rings. The van der Waals surface area contributed by atoms with Gasteiger partial charge in [-0.1, -0.05) is 15.9 Å². The summed E-state index contributed by atoms with van der Waals surface area (Å²) < 4.78 is 8.20. The van der Waals surface area contributed by atoms with Crippen LogP contribution in [0, 0.1) is 16.0 Å². The molecule has 0 aliphatic rings. The average molecular weight is 369 g/mol. The van der Waals surface area contributed by atoms with Gasteiger partial charge in [-0.15, -0.1) is 0 Å². The first-order valence-electron chi connectivity index (χ1n) is 6.40. The molecular weight excluding hydrogens is 346 g/mol. The Bertz CT molecular complexity index is 353. The van der Waals surface area contributed by atoms with E-state index in [1.165, 1.54) is 0 Å². The van der Waals surface area contributed by atoms with Crippen molar-refractivity contribution in [3.05, 3.63) is 5.21 Å². The first-order valence-corrected chi connectivity index (χ1v) is 7.19. The van der Waals surface area contributed by atoms with Crippen LogP contribution < -0.4 is 0 Å². The van der Waals surface area contributed by atoms with E-state index in [0.29, 0.717) is 0 Å². The van der Waals surface area contributed by atoms with Crippen LogP contribution in [0.3, 0.4) is 0 Å². The minimum atomic E-state index is -1.74. The number of ether oxygens (including phenoxy) is 2. The average Bonchev–Trinajstić information content (AvgIpc) is 2.30. The summed E-state index contributed by atoms with van der Waals surface area (Å²) in [5.74, 6) is -1.09. The molecule has 0 aromatic heterocycles. The zero-order chi connectivity index (χ0) is 17.1. The maximum Gasteiger partial charge on any atom is 0.311 e. The molecule has 0 saturated carbocycles. The van der Waals surface area contributed by atoms with E-state index in [9.17, 15) is 14.8 Å². The number of rotatable bonds is 5. The molecule has 0 unspecified atom stereocenters. The second-order valence-electron chi connectivity index (χ2n) is 6.84. The van der Waals surface area contributed by atoms with Crippen LogP contribution in [-0.4, -0.2) is 40.0 Å². The van der Waals surface area contributed by atoms with Gasteiger partial charge in [0, 0.05) is 0 Å². The summed E-state index contributed by atoms with van der Waals surface area (Å²) in [5, 5.41) is 20.0. The van der Waals surface area contributed by atoms with E-state index in [1.807, 2.05) is 0 Å². The van der Waals surface area contributed by atoms with E-state index >= 15 is 0 Å². The highest BCUT2D eigenvalue weighted by Crippen LogP contribution is 2.26. The second kappa shape index (κ2) is 7.04. The summed E-state index contributed by atoms with van der Waals surface area (Å²) in [5.41, 5.74) is -1.50. The molecule has 0 aromatic carbocycles. The van der Waals surface area contributed by atoms with E-state index in [0.717, 1.165) is 0 Å². The number of carbonyl (C=O) groups excluding carboxylic acids is 2. The molecule has 0 amide bonds. The number of hydrogen-bond donors (Lipinski definition) is 1. The van der Waals surface area contributed by atoms with Gasteiger partial charge in [-0.05, 0) is 41.5 Å². The molecule has 8 heteroatoms. The fourth-order valence-electron chi connectivity index (χ4n) is 0.937. The van der Waals surface area contributed by atoms with Crippen LogP contribution in [0.2, 0.25) is 0 Å². The Morgan fingerprint density at radius 3 is 1.48 bits per heavy atom. The van der Waals surface area contributed by atoms with Crippen molar-refractivity contribution >= 4 is 27.9 Å². The topological polar surface area (TPSA) is 99.1 Å². The monoisotopic (exact) mass is 368 g/mol. The Labute approximate surface area is 133 Å². The van der Waals surface area contributed by atoms with Crippen molar-refractivity contribution in [3.63, 3.8) is 0 Å². The summed E-state index contributed by atoms with van der Waals surface area (Å²) in [4.78, 5) is 23.4. The Hall–Kier alpha value is -0.700. The van der Waals surface area contributed by atoms with Gasteiger partial charge in [0.05, 0.1) is 10.8 Å². The van der Waals surface area contributed by atoms with Crippen molar-refractivity contribution in [2.45, 2.75) is 46.0 Å². The lowest BCUT2D eigenvalue weighted by Gasteiger charge is -2.38. The standard InChI is InChI=1S/C13H23BrNO6/c1-11(2,3)9(16)20-7-13(14,15(18)19)8-21-10(17)12(4,5)6/h18H,7-8H2,1-6H3/q-1. The largest absolute Gasteiger partial charge is 0.761 e. The van der Waals surface area contributed by atoms with Gasteiger partial charge < -0.3 is 19.9 Å². The van der Waals surface area contributed by atoms with E-state index in [4.69, 9.17) is 14.7 Å². The van der Waals surface area contributed by atoms with E-state index in [-0.39, 0.29) is 0 Å². The Balaban J connectivity index is 4.72. The van der Waals surface area contributed by atoms with Gasteiger partial charge in [-0.25, -0.2) is 5.23 Å². The SMILES string of the molecule is CC(C)(C)C(=O)OCC(Br)(COC(=O)C(C)(C)C)N([O-])O. The fraction of sp³-hybridized carbons (Fsp3) is 0.846.